The second-order valence-corrected chi connectivity index (χ2v) is 9.82. The fourth-order valence-corrected chi connectivity index (χ4v) is 5.86. The molecule has 1 aliphatic heterocycles. The van der Waals surface area contributed by atoms with Crippen molar-refractivity contribution in [2.24, 2.45) is 5.41 Å². The van der Waals surface area contributed by atoms with Crippen LogP contribution in [0.2, 0.25) is 0 Å². The van der Waals surface area contributed by atoms with Crippen LogP contribution in [0.25, 0.3) is 0 Å². The van der Waals surface area contributed by atoms with Gasteiger partial charge in [-0.15, -0.1) is 11.3 Å². The van der Waals surface area contributed by atoms with E-state index in [2.05, 4.69) is 10.6 Å². The molecule has 1 aromatic heterocycles. The second-order valence-electron chi connectivity index (χ2n) is 8.80. The summed E-state index contributed by atoms with van der Waals surface area (Å²) in [6, 6.07) is 8.85. The van der Waals surface area contributed by atoms with Gasteiger partial charge in [0.25, 0.3) is 5.91 Å². The number of anilines is 2. The minimum atomic E-state index is -0.673. The standard InChI is InChI=1S/C25H27N3O6S/c1-3-34-23(32)19-15(2)20(21(31)26-16-9-5-4-6-10-16)35-22(19)27-17(29)14-28-18(30)13-25(24(28)33)11-7-8-12-25/h4-6,9-10H,3,7-8,11-14H2,1-2H3,(H,26,31)(H,27,29). The molecule has 4 rings (SSSR count). The van der Waals surface area contributed by atoms with Crippen LogP contribution in [0.3, 0.4) is 0 Å². The summed E-state index contributed by atoms with van der Waals surface area (Å²) in [5, 5.41) is 5.54. The molecule has 9 nitrogen and oxygen atoms in total. The Kier molecular flexibility index (Phi) is 7.02. The first kappa shape index (κ1) is 24.6. The number of carbonyl (C=O) groups is 5. The highest BCUT2D eigenvalue weighted by atomic mass is 32.1. The zero-order valence-electron chi connectivity index (χ0n) is 19.6. The lowest BCUT2D eigenvalue weighted by molar-refractivity contribution is -0.143. The lowest BCUT2D eigenvalue weighted by atomic mass is 9.84. The highest BCUT2D eigenvalue weighted by Gasteiger charge is 2.52. The van der Waals surface area contributed by atoms with Crippen LogP contribution < -0.4 is 10.6 Å². The number of nitrogens with zero attached hydrogens (tertiary/aromatic N) is 1. The Labute approximate surface area is 206 Å². The zero-order valence-corrected chi connectivity index (χ0v) is 20.5. The van der Waals surface area contributed by atoms with Gasteiger partial charge in [-0.2, -0.15) is 0 Å². The molecule has 35 heavy (non-hydrogen) atoms. The number of hydrogen-bond acceptors (Lipinski definition) is 7. The van der Waals surface area contributed by atoms with Crippen molar-refractivity contribution < 1.29 is 28.7 Å². The quantitative estimate of drug-likeness (QED) is 0.444. The van der Waals surface area contributed by atoms with Gasteiger partial charge in [-0.05, 0) is 44.4 Å². The Morgan fingerprint density at radius 2 is 1.77 bits per heavy atom. The lowest BCUT2D eigenvalue weighted by Gasteiger charge is -2.20. The summed E-state index contributed by atoms with van der Waals surface area (Å²) in [5.41, 5.74) is 0.362. The van der Waals surface area contributed by atoms with E-state index in [1.54, 1.807) is 38.1 Å². The van der Waals surface area contributed by atoms with Gasteiger partial charge in [-0.1, -0.05) is 31.0 Å². The number of thiophene rings is 1. The van der Waals surface area contributed by atoms with Gasteiger partial charge < -0.3 is 15.4 Å². The summed E-state index contributed by atoms with van der Waals surface area (Å²) in [6.07, 6.45) is 3.24. The zero-order chi connectivity index (χ0) is 25.2. The van der Waals surface area contributed by atoms with E-state index in [4.69, 9.17) is 4.74 Å². The molecule has 2 aromatic rings. The maximum atomic E-state index is 12.9. The molecule has 1 saturated carbocycles. The predicted octanol–water partition coefficient (Wildman–Crippen LogP) is 3.74. The Morgan fingerprint density at radius 3 is 2.43 bits per heavy atom. The van der Waals surface area contributed by atoms with Crippen LogP contribution in [0.1, 0.15) is 64.6 Å². The highest BCUT2D eigenvalue weighted by Crippen LogP contribution is 2.46. The molecule has 0 bridgehead atoms. The first-order valence-corrected chi connectivity index (χ1v) is 12.4. The third kappa shape index (κ3) is 4.84. The number of esters is 1. The number of nitrogens with one attached hydrogen (secondary N) is 2. The van der Waals surface area contributed by atoms with E-state index in [0.29, 0.717) is 24.1 Å². The van der Waals surface area contributed by atoms with Crippen LogP contribution in [-0.2, 0) is 19.1 Å². The number of benzene rings is 1. The molecule has 2 N–H and O–H groups in total. The van der Waals surface area contributed by atoms with Gasteiger partial charge in [0.2, 0.25) is 17.7 Å². The van der Waals surface area contributed by atoms with Crippen LogP contribution in [0.5, 0.6) is 0 Å². The van der Waals surface area contributed by atoms with Crippen LogP contribution in [-0.4, -0.2) is 47.6 Å². The largest absolute Gasteiger partial charge is 0.462 e. The fraction of sp³-hybridized carbons (Fsp3) is 0.400. The van der Waals surface area contributed by atoms with Gasteiger partial charge in [0.15, 0.2) is 0 Å². The summed E-state index contributed by atoms with van der Waals surface area (Å²) in [5.74, 6) is -2.39. The molecule has 10 heteroatoms. The van der Waals surface area contributed by atoms with Crippen LogP contribution >= 0.6 is 11.3 Å². The number of amides is 4. The Morgan fingerprint density at radius 1 is 1.09 bits per heavy atom. The van der Waals surface area contributed by atoms with Gasteiger partial charge in [-0.25, -0.2) is 4.79 Å². The van der Waals surface area contributed by atoms with Crippen molar-refractivity contribution in [3.05, 3.63) is 46.3 Å². The van der Waals surface area contributed by atoms with E-state index < -0.39 is 29.7 Å². The fourth-order valence-electron chi connectivity index (χ4n) is 4.75. The van der Waals surface area contributed by atoms with Gasteiger partial charge in [-0.3, -0.25) is 24.1 Å². The van der Waals surface area contributed by atoms with E-state index in [9.17, 15) is 24.0 Å². The molecule has 184 valence electrons. The highest BCUT2D eigenvalue weighted by molar-refractivity contribution is 7.19. The van der Waals surface area contributed by atoms with Crippen LogP contribution in [0, 0.1) is 12.3 Å². The third-order valence-corrected chi connectivity index (χ3v) is 7.68. The molecule has 2 fully saturated rings. The minimum Gasteiger partial charge on any atom is -0.462 e. The number of imide groups is 1. The van der Waals surface area contributed by atoms with Crippen molar-refractivity contribution in [2.45, 2.75) is 46.0 Å². The SMILES string of the molecule is CCOC(=O)c1c(NC(=O)CN2C(=O)CC3(CCCC3)C2=O)sc(C(=O)Nc2ccccc2)c1C. The number of rotatable bonds is 7. The summed E-state index contributed by atoms with van der Waals surface area (Å²) in [4.78, 5) is 65.1. The van der Waals surface area contributed by atoms with Crippen molar-refractivity contribution in [2.75, 3.05) is 23.8 Å². The molecule has 0 atom stereocenters. The Bertz CT molecular complexity index is 1180. The molecule has 1 aromatic carbocycles. The average molecular weight is 498 g/mol. The van der Waals surface area contributed by atoms with Crippen molar-refractivity contribution in [1.82, 2.24) is 4.90 Å². The molecular formula is C25H27N3O6S. The van der Waals surface area contributed by atoms with E-state index >= 15 is 0 Å². The van der Waals surface area contributed by atoms with Crippen molar-refractivity contribution >= 4 is 51.6 Å². The third-order valence-electron chi connectivity index (χ3n) is 6.47. The summed E-state index contributed by atoms with van der Waals surface area (Å²) < 4.78 is 5.14. The maximum absolute atomic E-state index is 12.9. The van der Waals surface area contributed by atoms with Crippen molar-refractivity contribution in [1.29, 1.82) is 0 Å². The van der Waals surface area contributed by atoms with Gasteiger partial charge in [0.1, 0.15) is 11.5 Å². The van der Waals surface area contributed by atoms with E-state index in [1.807, 2.05) is 6.07 Å². The normalized spacial score (nSPS) is 16.6. The number of carbonyl (C=O) groups excluding carboxylic acids is 5. The molecule has 2 aliphatic rings. The monoisotopic (exact) mass is 497 g/mol. The van der Waals surface area contributed by atoms with Crippen LogP contribution in [0.15, 0.2) is 30.3 Å². The summed E-state index contributed by atoms with van der Waals surface area (Å²) in [7, 11) is 0. The molecule has 1 spiro atoms. The van der Waals surface area contributed by atoms with E-state index in [1.165, 1.54) is 0 Å². The van der Waals surface area contributed by atoms with Gasteiger partial charge in [0, 0.05) is 12.1 Å². The number of ether oxygens (including phenoxy) is 1. The molecule has 1 saturated heterocycles. The van der Waals surface area contributed by atoms with Crippen molar-refractivity contribution in [3.8, 4) is 0 Å². The number of hydrogen-bond donors (Lipinski definition) is 2. The van der Waals surface area contributed by atoms with Gasteiger partial charge >= 0.3 is 5.97 Å². The predicted molar refractivity (Wildman–Crippen MR) is 130 cm³/mol. The summed E-state index contributed by atoms with van der Waals surface area (Å²) in [6.45, 7) is 2.94. The minimum absolute atomic E-state index is 0.0785. The average Bonchev–Trinajstić information content (AvgIpc) is 3.48. The Hall–Kier alpha value is -3.53. The number of para-hydroxylation sites is 1. The maximum Gasteiger partial charge on any atom is 0.341 e. The molecule has 2 heterocycles. The molecule has 1 aliphatic carbocycles. The summed E-state index contributed by atoms with van der Waals surface area (Å²) >= 11 is 0.941. The number of likely N-dealkylation sites (tertiary alicyclic amines) is 1. The van der Waals surface area contributed by atoms with E-state index in [-0.39, 0.29) is 40.3 Å². The first-order valence-electron chi connectivity index (χ1n) is 11.6. The lowest BCUT2D eigenvalue weighted by Crippen LogP contribution is -2.40. The van der Waals surface area contributed by atoms with Crippen molar-refractivity contribution in [3.63, 3.8) is 0 Å². The molecular weight excluding hydrogens is 470 g/mol. The first-order chi connectivity index (χ1) is 16.8. The molecule has 0 unspecified atom stereocenters. The molecule has 0 radical (unpaired) electrons. The van der Waals surface area contributed by atoms with Crippen LogP contribution in [0.4, 0.5) is 10.7 Å². The topological polar surface area (TPSA) is 122 Å². The Balaban J connectivity index is 1.55. The van der Waals surface area contributed by atoms with Gasteiger partial charge in [0.05, 0.1) is 22.5 Å². The van der Waals surface area contributed by atoms with E-state index in [0.717, 1.165) is 29.1 Å². The second kappa shape index (κ2) is 9.99. The molecule has 4 amide bonds. The smallest absolute Gasteiger partial charge is 0.341 e.